The third-order valence-corrected chi connectivity index (χ3v) is 4.02. The molecule has 0 saturated carbocycles. The van der Waals surface area contributed by atoms with Gasteiger partial charge in [0.25, 0.3) is 0 Å². The molecular weight excluding hydrogens is 236 g/mol. The fourth-order valence-electron chi connectivity index (χ4n) is 2.56. The van der Waals surface area contributed by atoms with Gasteiger partial charge >= 0.3 is 0 Å². The third-order valence-electron chi connectivity index (χ3n) is 4.02. The lowest BCUT2D eigenvalue weighted by Gasteiger charge is -2.34. The SMILES string of the molecule is CC1(NCc2ccc3cnccc3c2)CCOCC1. The average Bonchev–Trinajstić information content (AvgIpc) is 2.46. The van der Waals surface area contributed by atoms with Crippen molar-refractivity contribution in [3.05, 3.63) is 42.2 Å². The molecule has 2 aromatic rings. The molecule has 1 aliphatic rings. The van der Waals surface area contributed by atoms with Crippen molar-refractivity contribution in [2.75, 3.05) is 13.2 Å². The number of fused-ring (bicyclic) bond motifs is 1. The van der Waals surface area contributed by atoms with Gasteiger partial charge in [-0.1, -0.05) is 12.1 Å². The molecule has 1 aromatic heterocycles. The van der Waals surface area contributed by atoms with E-state index in [1.807, 2.05) is 12.4 Å². The molecule has 0 radical (unpaired) electrons. The van der Waals surface area contributed by atoms with E-state index in [9.17, 15) is 0 Å². The van der Waals surface area contributed by atoms with E-state index in [0.717, 1.165) is 32.6 Å². The molecule has 1 N–H and O–H groups in total. The first-order valence-electron chi connectivity index (χ1n) is 6.91. The summed E-state index contributed by atoms with van der Waals surface area (Å²) in [4.78, 5) is 4.14. The number of nitrogens with zero attached hydrogens (tertiary/aromatic N) is 1. The summed E-state index contributed by atoms with van der Waals surface area (Å²) < 4.78 is 5.43. The Hall–Kier alpha value is -1.45. The zero-order valence-corrected chi connectivity index (χ0v) is 11.4. The van der Waals surface area contributed by atoms with E-state index < -0.39 is 0 Å². The van der Waals surface area contributed by atoms with Crippen LogP contribution >= 0.6 is 0 Å². The van der Waals surface area contributed by atoms with E-state index in [-0.39, 0.29) is 5.54 Å². The lowest BCUT2D eigenvalue weighted by atomic mass is 9.92. The topological polar surface area (TPSA) is 34.2 Å². The molecular formula is C16H20N2O. The van der Waals surface area contributed by atoms with Crippen LogP contribution in [-0.2, 0) is 11.3 Å². The zero-order chi connectivity index (χ0) is 13.1. The van der Waals surface area contributed by atoms with Crippen LogP contribution < -0.4 is 5.32 Å². The Morgan fingerprint density at radius 1 is 1.21 bits per heavy atom. The monoisotopic (exact) mass is 256 g/mol. The van der Waals surface area contributed by atoms with Gasteiger partial charge in [0.2, 0.25) is 0 Å². The highest BCUT2D eigenvalue weighted by molar-refractivity contribution is 5.81. The smallest absolute Gasteiger partial charge is 0.0483 e. The molecule has 3 heteroatoms. The van der Waals surface area contributed by atoms with Crippen LogP contribution in [0.2, 0.25) is 0 Å². The largest absolute Gasteiger partial charge is 0.381 e. The number of hydrogen-bond acceptors (Lipinski definition) is 3. The van der Waals surface area contributed by atoms with Crippen LogP contribution in [0.15, 0.2) is 36.7 Å². The molecule has 1 fully saturated rings. The van der Waals surface area contributed by atoms with Crippen molar-refractivity contribution in [3.63, 3.8) is 0 Å². The molecule has 0 unspecified atom stereocenters. The van der Waals surface area contributed by atoms with Crippen molar-refractivity contribution in [2.45, 2.75) is 31.8 Å². The van der Waals surface area contributed by atoms with Crippen LogP contribution in [0.3, 0.4) is 0 Å². The normalized spacial score (nSPS) is 18.6. The Kier molecular flexibility index (Phi) is 3.49. The molecule has 2 heterocycles. The van der Waals surface area contributed by atoms with Gasteiger partial charge in [-0.25, -0.2) is 0 Å². The minimum atomic E-state index is 0.214. The minimum Gasteiger partial charge on any atom is -0.381 e. The second-order valence-electron chi connectivity index (χ2n) is 5.58. The van der Waals surface area contributed by atoms with Gasteiger partial charge in [0, 0.05) is 43.1 Å². The molecule has 0 amide bonds. The number of rotatable bonds is 3. The molecule has 1 aromatic carbocycles. The highest BCUT2D eigenvalue weighted by Gasteiger charge is 2.26. The van der Waals surface area contributed by atoms with Crippen LogP contribution in [0.25, 0.3) is 10.8 Å². The summed E-state index contributed by atoms with van der Waals surface area (Å²) in [5.74, 6) is 0. The van der Waals surface area contributed by atoms with Gasteiger partial charge in [-0.15, -0.1) is 0 Å². The van der Waals surface area contributed by atoms with Crippen molar-refractivity contribution in [1.82, 2.24) is 10.3 Å². The van der Waals surface area contributed by atoms with E-state index in [4.69, 9.17) is 4.74 Å². The van der Waals surface area contributed by atoms with Crippen molar-refractivity contribution >= 4 is 10.8 Å². The molecule has 1 aliphatic heterocycles. The predicted molar refractivity (Wildman–Crippen MR) is 77.0 cm³/mol. The molecule has 100 valence electrons. The van der Waals surface area contributed by atoms with Gasteiger partial charge in [-0.05, 0) is 42.8 Å². The van der Waals surface area contributed by atoms with Crippen LogP contribution in [0.5, 0.6) is 0 Å². The Bertz CT molecular complexity index is 561. The number of hydrogen-bond donors (Lipinski definition) is 1. The molecule has 0 atom stereocenters. The summed E-state index contributed by atoms with van der Waals surface area (Å²) >= 11 is 0. The van der Waals surface area contributed by atoms with Crippen LogP contribution in [0, 0.1) is 0 Å². The van der Waals surface area contributed by atoms with Crippen molar-refractivity contribution in [1.29, 1.82) is 0 Å². The molecule has 0 spiro atoms. The minimum absolute atomic E-state index is 0.214. The number of aromatic nitrogens is 1. The Balaban J connectivity index is 1.71. The van der Waals surface area contributed by atoms with E-state index >= 15 is 0 Å². The standard InChI is InChI=1S/C16H20N2O/c1-16(5-8-19-9-6-16)18-11-13-2-3-15-12-17-7-4-14(15)10-13/h2-4,7,10,12,18H,5-6,8-9,11H2,1H3. The van der Waals surface area contributed by atoms with Crippen molar-refractivity contribution in [3.8, 4) is 0 Å². The van der Waals surface area contributed by atoms with Crippen molar-refractivity contribution < 1.29 is 4.74 Å². The Morgan fingerprint density at radius 2 is 2.05 bits per heavy atom. The summed E-state index contributed by atoms with van der Waals surface area (Å²) in [6.45, 7) is 4.94. The molecule has 0 aliphatic carbocycles. The first-order valence-corrected chi connectivity index (χ1v) is 6.91. The highest BCUT2D eigenvalue weighted by Crippen LogP contribution is 2.21. The lowest BCUT2D eigenvalue weighted by Crippen LogP contribution is -2.46. The molecule has 3 rings (SSSR count). The predicted octanol–water partition coefficient (Wildman–Crippen LogP) is 2.89. The van der Waals surface area contributed by atoms with Gasteiger partial charge in [-0.3, -0.25) is 4.98 Å². The van der Waals surface area contributed by atoms with E-state index in [1.165, 1.54) is 16.3 Å². The first-order chi connectivity index (χ1) is 9.25. The maximum Gasteiger partial charge on any atom is 0.0483 e. The van der Waals surface area contributed by atoms with Crippen LogP contribution in [0.4, 0.5) is 0 Å². The summed E-state index contributed by atoms with van der Waals surface area (Å²) in [5.41, 5.74) is 1.54. The summed E-state index contributed by atoms with van der Waals surface area (Å²) in [6.07, 6.45) is 5.93. The Labute approximate surface area is 114 Å². The maximum atomic E-state index is 5.43. The lowest BCUT2D eigenvalue weighted by molar-refractivity contribution is 0.0446. The quantitative estimate of drug-likeness (QED) is 0.917. The van der Waals surface area contributed by atoms with Gasteiger partial charge < -0.3 is 10.1 Å². The van der Waals surface area contributed by atoms with Crippen molar-refractivity contribution in [2.24, 2.45) is 0 Å². The summed E-state index contributed by atoms with van der Waals surface area (Å²) in [7, 11) is 0. The van der Waals surface area contributed by atoms with Crippen LogP contribution in [0.1, 0.15) is 25.3 Å². The summed E-state index contributed by atoms with van der Waals surface area (Å²) in [5, 5.41) is 6.14. The van der Waals surface area contributed by atoms with Gasteiger partial charge in [0.1, 0.15) is 0 Å². The second kappa shape index (κ2) is 5.27. The van der Waals surface area contributed by atoms with Crippen LogP contribution in [-0.4, -0.2) is 23.7 Å². The Morgan fingerprint density at radius 3 is 2.89 bits per heavy atom. The number of benzene rings is 1. The number of nitrogens with one attached hydrogen (secondary N) is 1. The molecule has 19 heavy (non-hydrogen) atoms. The fraction of sp³-hybridized carbons (Fsp3) is 0.438. The second-order valence-corrected chi connectivity index (χ2v) is 5.58. The zero-order valence-electron chi connectivity index (χ0n) is 11.4. The van der Waals surface area contributed by atoms with E-state index in [1.54, 1.807) is 0 Å². The van der Waals surface area contributed by atoms with Gasteiger partial charge in [0.05, 0.1) is 0 Å². The average molecular weight is 256 g/mol. The number of pyridine rings is 1. The molecule has 3 nitrogen and oxygen atoms in total. The molecule has 1 saturated heterocycles. The van der Waals surface area contributed by atoms with Gasteiger partial charge in [0.15, 0.2) is 0 Å². The van der Waals surface area contributed by atoms with Gasteiger partial charge in [-0.2, -0.15) is 0 Å². The van der Waals surface area contributed by atoms with E-state index in [2.05, 4.69) is 41.5 Å². The maximum absolute atomic E-state index is 5.43. The fourth-order valence-corrected chi connectivity index (χ4v) is 2.56. The summed E-state index contributed by atoms with van der Waals surface area (Å²) in [6, 6.07) is 8.63. The highest BCUT2D eigenvalue weighted by atomic mass is 16.5. The number of ether oxygens (including phenoxy) is 1. The van der Waals surface area contributed by atoms with E-state index in [0.29, 0.717) is 0 Å². The first kappa shape index (κ1) is 12.6. The molecule has 0 bridgehead atoms. The third kappa shape index (κ3) is 2.94.